The molecule has 0 aliphatic carbocycles. The third kappa shape index (κ3) is 2.84. The van der Waals surface area contributed by atoms with E-state index in [9.17, 15) is 5.11 Å². The van der Waals surface area contributed by atoms with Gasteiger partial charge in [-0.15, -0.1) is 11.3 Å². The zero-order valence-corrected chi connectivity index (χ0v) is 11.9. The van der Waals surface area contributed by atoms with Gasteiger partial charge in [0.05, 0.1) is 33.8 Å². The van der Waals surface area contributed by atoms with E-state index in [1.807, 2.05) is 6.07 Å². The van der Waals surface area contributed by atoms with Crippen molar-refractivity contribution in [3.05, 3.63) is 38.8 Å². The Morgan fingerprint density at radius 1 is 1.33 bits per heavy atom. The fourth-order valence-corrected chi connectivity index (χ4v) is 2.73. The first kappa shape index (κ1) is 13.8. The van der Waals surface area contributed by atoms with E-state index in [1.165, 1.54) is 11.3 Å². The van der Waals surface area contributed by atoms with Gasteiger partial charge in [-0.3, -0.25) is 0 Å². The second kappa shape index (κ2) is 5.99. The van der Waals surface area contributed by atoms with Crippen LogP contribution in [-0.4, -0.2) is 17.2 Å². The lowest BCUT2D eigenvalue weighted by Crippen LogP contribution is -1.92. The number of hydrogen-bond donors (Lipinski definition) is 1. The predicted octanol–water partition coefficient (Wildman–Crippen LogP) is 3.76. The van der Waals surface area contributed by atoms with E-state index in [-0.39, 0.29) is 6.61 Å². The molecule has 0 unspecified atom stereocenters. The zero-order valence-electron chi connectivity index (χ0n) is 9.61. The first-order chi connectivity index (χ1) is 8.65. The van der Waals surface area contributed by atoms with Crippen LogP contribution in [0.1, 0.15) is 10.6 Å². The Morgan fingerprint density at radius 3 is 2.72 bits per heavy atom. The Labute approximate surface area is 119 Å². The molecule has 0 aliphatic heterocycles. The third-order valence-electron chi connectivity index (χ3n) is 2.37. The van der Waals surface area contributed by atoms with Crippen LogP contribution in [0.5, 0.6) is 0 Å². The number of aliphatic hydroxyl groups excluding tert-OH is 1. The number of nitrogens with zero attached hydrogens (tertiary/aromatic N) is 1. The molecule has 6 heteroatoms. The van der Waals surface area contributed by atoms with Crippen molar-refractivity contribution < 1.29 is 9.84 Å². The lowest BCUT2D eigenvalue weighted by Gasteiger charge is -1.99. The van der Waals surface area contributed by atoms with Crippen LogP contribution in [0.15, 0.2) is 18.2 Å². The molecular weight excluding hydrogens is 293 g/mol. The van der Waals surface area contributed by atoms with Crippen LogP contribution in [0.4, 0.5) is 0 Å². The van der Waals surface area contributed by atoms with Crippen LogP contribution in [0.2, 0.25) is 10.0 Å². The second-order valence-electron chi connectivity index (χ2n) is 3.61. The first-order valence-electron chi connectivity index (χ1n) is 5.19. The number of methoxy groups -OCH3 is 1. The van der Waals surface area contributed by atoms with Crippen LogP contribution in [-0.2, 0) is 18.0 Å². The molecule has 0 radical (unpaired) electrons. The van der Waals surface area contributed by atoms with E-state index in [0.717, 1.165) is 21.1 Å². The summed E-state index contributed by atoms with van der Waals surface area (Å²) < 4.78 is 5.05. The van der Waals surface area contributed by atoms with E-state index in [2.05, 4.69) is 4.98 Å². The van der Waals surface area contributed by atoms with Gasteiger partial charge in [-0.25, -0.2) is 4.98 Å². The summed E-state index contributed by atoms with van der Waals surface area (Å²) in [6.07, 6.45) is 0. The normalized spacial score (nSPS) is 10.9. The molecule has 0 aliphatic rings. The molecule has 0 bridgehead atoms. The van der Waals surface area contributed by atoms with E-state index in [4.69, 9.17) is 27.9 Å². The van der Waals surface area contributed by atoms with E-state index in [1.54, 1.807) is 19.2 Å². The predicted molar refractivity (Wildman–Crippen MR) is 74.2 cm³/mol. The highest BCUT2D eigenvalue weighted by molar-refractivity contribution is 7.15. The molecule has 0 saturated heterocycles. The molecule has 3 nitrogen and oxygen atoms in total. The Morgan fingerprint density at radius 2 is 2.11 bits per heavy atom. The number of halogens is 2. The molecule has 1 aromatic carbocycles. The average molecular weight is 304 g/mol. The molecule has 1 heterocycles. The molecular formula is C12H11Cl2NO2S. The standard InChI is InChI=1S/C12H11Cl2NO2S/c1-17-6-10-11(5-16)18-12(15-10)7-2-3-8(13)9(14)4-7/h2-4,16H,5-6H2,1H3. The summed E-state index contributed by atoms with van der Waals surface area (Å²) >= 11 is 13.3. The highest BCUT2D eigenvalue weighted by Gasteiger charge is 2.12. The van der Waals surface area contributed by atoms with Crippen molar-refractivity contribution >= 4 is 34.5 Å². The van der Waals surface area contributed by atoms with Gasteiger partial charge in [-0.05, 0) is 12.1 Å². The van der Waals surface area contributed by atoms with Crippen molar-refractivity contribution in [1.82, 2.24) is 4.98 Å². The highest BCUT2D eigenvalue weighted by Crippen LogP contribution is 2.32. The SMILES string of the molecule is COCc1nc(-c2ccc(Cl)c(Cl)c2)sc1CO. The minimum Gasteiger partial charge on any atom is -0.391 e. The monoisotopic (exact) mass is 303 g/mol. The highest BCUT2D eigenvalue weighted by atomic mass is 35.5. The second-order valence-corrected chi connectivity index (χ2v) is 5.51. The first-order valence-corrected chi connectivity index (χ1v) is 6.76. The topological polar surface area (TPSA) is 42.4 Å². The van der Waals surface area contributed by atoms with Crippen molar-refractivity contribution in [2.45, 2.75) is 13.2 Å². The van der Waals surface area contributed by atoms with Gasteiger partial charge < -0.3 is 9.84 Å². The number of rotatable bonds is 4. The van der Waals surface area contributed by atoms with E-state index >= 15 is 0 Å². The van der Waals surface area contributed by atoms with Gasteiger partial charge in [-0.2, -0.15) is 0 Å². The van der Waals surface area contributed by atoms with Crippen LogP contribution >= 0.6 is 34.5 Å². The van der Waals surface area contributed by atoms with Gasteiger partial charge in [0.2, 0.25) is 0 Å². The van der Waals surface area contributed by atoms with Gasteiger partial charge in [0.15, 0.2) is 0 Å². The molecule has 0 amide bonds. The van der Waals surface area contributed by atoms with Crippen LogP contribution < -0.4 is 0 Å². The van der Waals surface area contributed by atoms with Gasteiger partial charge in [-0.1, -0.05) is 29.3 Å². The van der Waals surface area contributed by atoms with Crippen LogP contribution in [0.3, 0.4) is 0 Å². The molecule has 1 aromatic heterocycles. The number of aromatic nitrogens is 1. The Hall–Kier alpha value is -0.650. The summed E-state index contributed by atoms with van der Waals surface area (Å²) in [4.78, 5) is 5.25. The Bertz CT molecular complexity index is 557. The van der Waals surface area contributed by atoms with Crippen molar-refractivity contribution in [3.63, 3.8) is 0 Å². The summed E-state index contributed by atoms with van der Waals surface area (Å²) in [6.45, 7) is 0.339. The summed E-state index contributed by atoms with van der Waals surface area (Å²) in [5, 5.41) is 11.1. The van der Waals surface area contributed by atoms with Crippen molar-refractivity contribution in [2.24, 2.45) is 0 Å². The third-order valence-corrected chi connectivity index (χ3v) is 4.24. The van der Waals surface area contributed by atoms with Crippen molar-refractivity contribution in [1.29, 1.82) is 0 Å². The minimum absolute atomic E-state index is 0.0440. The zero-order chi connectivity index (χ0) is 13.1. The lowest BCUT2D eigenvalue weighted by atomic mass is 10.2. The summed E-state index contributed by atoms with van der Waals surface area (Å²) in [5.74, 6) is 0. The maximum atomic E-state index is 9.27. The number of ether oxygens (including phenoxy) is 1. The van der Waals surface area contributed by atoms with Crippen molar-refractivity contribution in [2.75, 3.05) is 7.11 Å². The van der Waals surface area contributed by atoms with Gasteiger partial charge in [0, 0.05) is 12.7 Å². The lowest BCUT2D eigenvalue weighted by molar-refractivity contribution is 0.179. The number of hydrogen-bond acceptors (Lipinski definition) is 4. The van der Waals surface area contributed by atoms with Crippen molar-refractivity contribution in [3.8, 4) is 10.6 Å². The van der Waals surface area contributed by atoms with Crippen LogP contribution in [0, 0.1) is 0 Å². The molecule has 2 rings (SSSR count). The molecule has 1 N–H and O–H groups in total. The molecule has 0 atom stereocenters. The number of aliphatic hydroxyl groups is 1. The quantitative estimate of drug-likeness (QED) is 0.935. The van der Waals surface area contributed by atoms with Crippen LogP contribution in [0.25, 0.3) is 10.6 Å². The molecule has 18 heavy (non-hydrogen) atoms. The molecule has 0 saturated carbocycles. The summed E-state index contributed by atoms with van der Waals surface area (Å²) in [6, 6.07) is 5.35. The molecule has 0 spiro atoms. The van der Waals surface area contributed by atoms with E-state index < -0.39 is 0 Å². The maximum Gasteiger partial charge on any atom is 0.124 e. The van der Waals surface area contributed by atoms with Gasteiger partial charge in [0.1, 0.15) is 5.01 Å². The fraction of sp³-hybridized carbons (Fsp3) is 0.250. The molecule has 96 valence electrons. The average Bonchev–Trinajstić information content (AvgIpc) is 2.76. The van der Waals surface area contributed by atoms with Gasteiger partial charge >= 0.3 is 0 Å². The summed E-state index contributed by atoms with van der Waals surface area (Å²) in [5.41, 5.74) is 1.64. The minimum atomic E-state index is -0.0440. The number of thiazole rings is 1. The molecule has 0 fully saturated rings. The number of benzene rings is 1. The van der Waals surface area contributed by atoms with Gasteiger partial charge in [0.25, 0.3) is 0 Å². The maximum absolute atomic E-state index is 9.27. The Balaban J connectivity index is 2.40. The Kier molecular flexibility index (Phi) is 4.59. The smallest absolute Gasteiger partial charge is 0.124 e. The van der Waals surface area contributed by atoms with E-state index in [0.29, 0.717) is 16.7 Å². The largest absolute Gasteiger partial charge is 0.391 e. The molecule has 2 aromatic rings. The fourth-order valence-electron chi connectivity index (χ4n) is 1.51. The summed E-state index contributed by atoms with van der Waals surface area (Å²) in [7, 11) is 1.60.